The third-order valence-corrected chi connectivity index (χ3v) is 11.4. The van der Waals surface area contributed by atoms with Crippen molar-refractivity contribution in [1.82, 2.24) is 0 Å². The first-order valence-electron chi connectivity index (χ1n) is 28.4. The Bertz CT molecular complexity index is 1420. The highest BCUT2D eigenvalue weighted by Gasteiger charge is 2.15. The second kappa shape index (κ2) is 59.1. The first kappa shape index (κ1) is 65.8. The van der Waals surface area contributed by atoms with E-state index in [0.717, 1.165) is 89.9 Å². The summed E-state index contributed by atoms with van der Waals surface area (Å²) in [6, 6.07) is 0. The molecule has 70 heavy (non-hydrogen) atoms. The van der Waals surface area contributed by atoms with E-state index in [9.17, 15) is 9.59 Å². The number of unbranched alkanes of at least 4 members (excludes halogenated alkanes) is 15. The summed E-state index contributed by atoms with van der Waals surface area (Å²) in [5, 5.41) is 0. The smallest absolute Gasteiger partial charge is 0.306 e. The van der Waals surface area contributed by atoms with E-state index in [4.69, 9.17) is 14.2 Å². The van der Waals surface area contributed by atoms with Gasteiger partial charge in [0, 0.05) is 19.4 Å². The molecule has 0 heterocycles. The molecule has 0 amide bonds. The number of hydrogen-bond acceptors (Lipinski definition) is 5. The molecule has 0 aliphatic rings. The van der Waals surface area contributed by atoms with E-state index >= 15 is 0 Å². The molecule has 0 aliphatic carbocycles. The summed E-state index contributed by atoms with van der Waals surface area (Å²) in [6.45, 7) is 7.33. The van der Waals surface area contributed by atoms with Gasteiger partial charge < -0.3 is 14.2 Å². The maximum Gasteiger partial charge on any atom is 0.306 e. The molecule has 0 radical (unpaired) electrons. The summed E-state index contributed by atoms with van der Waals surface area (Å²) in [6.07, 6.45) is 86.3. The predicted molar refractivity (Wildman–Crippen MR) is 306 cm³/mol. The highest BCUT2D eigenvalue weighted by Crippen LogP contribution is 2.14. The zero-order valence-corrected chi connectivity index (χ0v) is 45.2. The van der Waals surface area contributed by atoms with Gasteiger partial charge in [0.1, 0.15) is 19.3 Å². The van der Waals surface area contributed by atoms with E-state index in [0.29, 0.717) is 32.3 Å². The number of hydrogen-bond donors (Lipinski definition) is 0. The number of carbonyl (C=O) groups is 2. The van der Waals surface area contributed by atoms with Gasteiger partial charge in [0.25, 0.3) is 0 Å². The van der Waals surface area contributed by atoms with E-state index in [-0.39, 0.29) is 25.2 Å². The number of ether oxygens (including phenoxy) is 3. The zero-order valence-electron chi connectivity index (χ0n) is 45.2. The first-order valence-corrected chi connectivity index (χ1v) is 28.4. The Balaban J connectivity index is 4.51. The number of allylic oxidation sites excluding steroid dienone is 24. The largest absolute Gasteiger partial charge is 0.463 e. The Kier molecular flexibility index (Phi) is 55.5. The molecule has 0 spiro atoms. The van der Waals surface area contributed by atoms with Crippen LogP contribution in [0.3, 0.4) is 0 Å². The van der Waals surface area contributed by atoms with Crippen molar-refractivity contribution in [3.8, 4) is 0 Å². The fourth-order valence-corrected chi connectivity index (χ4v) is 7.24. The Hall–Kier alpha value is -4.22. The van der Waals surface area contributed by atoms with Gasteiger partial charge in [0.15, 0.2) is 0 Å². The van der Waals surface area contributed by atoms with Gasteiger partial charge in [-0.15, -0.1) is 0 Å². The van der Waals surface area contributed by atoms with Crippen LogP contribution in [-0.2, 0) is 23.8 Å². The van der Waals surface area contributed by atoms with Crippen LogP contribution in [0.2, 0.25) is 0 Å². The Morgan fingerprint density at radius 1 is 0.314 bits per heavy atom. The van der Waals surface area contributed by atoms with Crippen LogP contribution in [0.4, 0.5) is 0 Å². The van der Waals surface area contributed by atoms with Crippen molar-refractivity contribution in [3.63, 3.8) is 0 Å². The minimum Gasteiger partial charge on any atom is -0.463 e. The fraction of sp³-hybridized carbons (Fsp3) is 0.600. The normalized spacial score (nSPS) is 13.0. The maximum atomic E-state index is 12.6. The van der Waals surface area contributed by atoms with Crippen LogP contribution in [0.25, 0.3) is 0 Å². The van der Waals surface area contributed by atoms with Crippen LogP contribution in [0.1, 0.15) is 226 Å². The number of rotatable bonds is 50. The minimum atomic E-state index is -0.471. The minimum absolute atomic E-state index is 0.0852. The quantitative estimate of drug-likeness (QED) is 0.0345. The highest BCUT2D eigenvalue weighted by atomic mass is 16.6. The number of carbonyl (C=O) groups excluding carboxylic acids is 2. The molecule has 0 unspecified atom stereocenters. The van der Waals surface area contributed by atoms with Gasteiger partial charge >= 0.3 is 11.9 Å². The van der Waals surface area contributed by atoms with Crippen molar-refractivity contribution < 1.29 is 23.8 Å². The molecule has 0 saturated carbocycles. The molecule has 0 saturated heterocycles. The number of esters is 2. The predicted octanol–water partition coefficient (Wildman–Crippen LogP) is 19.7. The lowest BCUT2D eigenvalue weighted by Gasteiger charge is -2.18. The SMILES string of the molecule is CC/C=C\C/C=C\C/C=C\C/C=C\C/C=C\C/C=C\CCC(=O)OCC(COC(=O)CC/C=C\C/C=C\C/C=C\C/C=C\C/C=C\C/C=C\CC)OCCCCCCCCCCCCCCCCCC. The second-order valence-corrected chi connectivity index (χ2v) is 18.1. The molecule has 0 fully saturated rings. The zero-order chi connectivity index (χ0) is 50.6. The van der Waals surface area contributed by atoms with E-state index in [1.807, 2.05) is 12.2 Å². The topological polar surface area (TPSA) is 61.8 Å². The van der Waals surface area contributed by atoms with Gasteiger partial charge in [0.05, 0.1) is 0 Å². The molecular weight excluding hydrogens is 861 g/mol. The van der Waals surface area contributed by atoms with E-state index in [1.54, 1.807) is 0 Å². The molecule has 0 atom stereocenters. The van der Waals surface area contributed by atoms with Gasteiger partial charge in [-0.25, -0.2) is 0 Å². The Labute approximate surface area is 431 Å². The van der Waals surface area contributed by atoms with Crippen LogP contribution < -0.4 is 0 Å². The lowest BCUT2D eigenvalue weighted by atomic mass is 10.0. The molecule has 5 heteroatoms. The summed E-state index contributed by atoms with van der Waals surface area (Å²) >= 11 is 0. The molecule has 0 rings (SSSR count). The maximum absolute atomic E-state index is 12.6. The molecule has 0 aliphatic heterocycles. The van der Waals surface area contributed by atoms with E-state index < -0.39 is 6.10 Å². The van der Waals surface area contributed by atoms with Gasteiger partial charge in [-0.2, -0.15) is 0 Å². The third-order valence-electron chi connectivity index (χ3n) is 11.4. The van der Waals surface area contributed by atoms with Crippen LogP contribution in [0.15, 0.2) is 146 Å². The summed E-state index contributed by atoms with van der Waals surface area (Å²) in [5.74, 6) is -0.529. The average molecular weight is 966 g/mol. The van der Waals surface area contributed by atoms with Crippen LogP contribution in [-0.4, -0.2) is 37.9 Å². The van der Waals surface area contributed by atoms with Gasteiger partial charge in [-0.05, 0) is 96.3 Å². The van der Waals surface area contributed by atoms with Crippen molar-refractivity contribution in [2.75, 3.05) is 19.8 Å². The van der Waals surface area contributed by atoms with Crippen molar-refractivity contribution in [2.45, 2.75) is 232 Å². The van der Waals surface area contributed by atoms with Gasteiger partial charge in [-0.3, -0.25) is 9.59 Å². The summed E-state index contributed by atoms with van der Waals surface area (Å²) in [5.41, 5.74) is 0. The molecule has 394 valence electrons. The summed E-state index contributed by atoms with van der Waals surface area (Å²) in [4.78, 5) is 25.3. The fourth-order valence-electron chi connectivity index (χ4n) is 7.24. The average Bonchev–Trinajstić information content (AvgIpc) is 3.36. The van der Waals surface area contributed by atoms with Crippen molar-refractivity contribution in [3.05, 3.63) is 146 Å². The van der Waals surface area contributed by atoms with E-state index in [2.05, 4.69) is 154 Å². The second-order valence-electron chi connectivity index (χ2n) is 18.1. The molecule has 0 aromatic heterocycles. The van der Waals surface area contributed by atoms with Gasteiger partial charge in [-0.1, -0.05) is 263 Å². The third kappa shape index (κ3) is 56.4. The lowest BCUT2D eigenvalue weighted by molar-refractivity contribution is -0.155. The van der Waals surface area contributed by atoms with Crippen molar-refractivity contribution in [2.24, 2.45) is 0 Å². The van der Waals surface area contributed by atoms with Crippen molar-refractivity contribution >= 4 is 11.9 Å². The molecule has 0 aromatic rings. The first-order chi connectivity index (χ1) is 34.6. The van der Waals surface area contributed by atoms with Crippen LogP contribution in [0.5, 0.6) is 0 Å². The standard InChI is InChI=1S/C65H104O5/c1-4-7-10-13-16-19-22-25-28-31-33-35-37-40-43-46-49-52-55-58-64(66)69-61-63(68-60-57-54-51-48-45-42-39-30-27-24-21-18-15-12-9-6-3)62-70-65(67)59-56-53-50-47-44-41-38-36-34-32-29-26-23-20-17-14-11-8-5-2/h7-8,10-11,16-17,19-20,25-26,28-29,33-36,40-41,43-44,49-50,52-53,63H,4-6,9,12-15,18,21-24,27,30-32,37-39,42,45-48,51,54-62H2,1-3H3/b10-7-,11-8-,19-16-,20-17-,28-25-,29-26-,35-33-,36-34-,43-40-,44-41-,52-49-,53-50-. The molecule has 0 bridgehead atoms. The molecule has 0 aromatic carbocycles. The summed E-state index contributed by atoms with van der Waals surface area (Å²) < 4.78 is 17.4. The van der Waals surface area contributed by atoms with E-state index in [1.165, 1.54) is 89.9 Å². The monoisotopic (exact) mass is 965 g/mol. The van der Waals surface area contributed by atoms with Crippen LogP contribution >= 0.6 is 0 Å². The van der Waals surface area contributed by atoms with Crippen LogP contribution in [0, 0.1) is 0 Å². The Morgan fingerprint density at radius 2 is 0.557 bits per heavy atom. The summed E-state index contributed by atoms with van der Waals surface area (Å²) in [7, 11) is 0. The van der Waals surface area contributed by atoms with Gasteiger partial charge in [0.2, 0.25) is 0 Å². The molecule has 0 N–H and O–H groups in total. The lowest BCUT2D eigenvalue weighted by Crippen LogP contribution is -2.29. The Morgan fingerprint density at radius 3 is 0.829 bits per heavy atom. The molecular formula is C65H104O5. The molecule has 5 nitrogen and oxygen atoms in total. The van der Waals surface area contributed by atoms with Crippen molar-refractivity contribution in [1.29, 1.82) is 0 Å². The highest BCUT2D eigenvalue weighted by molar-refractivity contribution is 5.70.